The molecule has 3 aromatic rings. The molecule has 2 aromatic heterocycles. The summed E-state index contributed by atoms with van der Waals surface area (Å²) in [5.74, 6) is -1.05. The van der Waals surface area contributed by atoms with Gasteiger partial charge in [-0.15, -0.1) is 0 Å². The van der Waals surface area contributed by atoms with E-state index in [1.165, 1.54) is 6.92 Å². The number of rotatable bonds is 6. The number of H-pyrrole nitrogens is 1. The molecule has 30 heavy (non-hydrogen) atoms. The van der Waals surface area contributed by atoms with Gasteiger partial charge in [0.15, 0.2) is 11.9 Å². The summed E-state index contributed by atoms with van der Waals surface area (Å²) in [7, 11) is 0. The standard InChI is InChI=1S/C24H26N2O4/c1-7-18-12(2)21(17-10-8-9-11-19(17)26-18)24(29)30-16(6)23(28)22-13(3)20(15(5)27)14(4)25-22/h8-11,16,25H,7H2,1-6H3/t16-/m0/s1. The Bertz CT molecular complexity index is 1170. The van der Waals surface area contributed by atoms with Crippen molar-refractivity contribution in [3.63, 3.8) is 0 Å². The van der Waals surface area contributed by atoms with Gasteiger partial charge in [0.2, 0.25) is 5.78 Å². The Hall–Kier alpha value is -3.28. The quantitative estimate of drug-likeness (QED) is 0.474. The van der Waals surface area contributed by atoms with Crippen molar-refractivity contribution in [3.8, 4) is 0 Å². The normalized spacial score (nSPS) is 12.1. The number of carbonyl (C=O) groups excluding carboxylic acids is 3. The molecule has 0 amide bonds. The van der Waals surface area contributed by atoms with Crippen LogP contribution in [0.5, 0.6) is 0 Å². The Balaban J connectivity index is 1.95. The molecule has 1 aromatic carbocycles. The first kappa shape index (κ1) is 21.4. The fraction of sp³-hybridized carbons (Fsp3) is 0.333. The van der Waals surface area contributed by atoms with Crippen LogP contribution in [0, 0.1) is 20.8 Å². The van der Waals surface area contributed by atoms with Crippen LogP contribution in [-0.2, 0) is 11.2 Å². The van der Waals surface area contributed by atoms with E-state index in [0.29, 0.717) is 45.4 Å². The lowest BCUT2D eigenvalue weighted by Crippen LogP contribution is -2.26. The van der Waals surface area contributed by atoms with Crippen molar-refractivity contribution in [1.82, 2.24) is 9.97 Å². The Kier molecular flexibility index (Phi) is 5.87. The fourth-order valence-corrected chi connectivity index (χ4v) is 3.97. The molecular formula is C24H26N2O4. The monoisotopic (exact) mass is 406 g/mol. The van der Waals surface area contributed by atoms with Crippen LogP contribution in [0.3, 0.4) is 0 Å². The molecule has 0 spiro atoms. The van der Waals surface area contributed by atoms with Crippen LogP contribution >= 0.6 is 0 Å². The smallest absolute Gasteiger partial charge is 0.339 e. The van der Waals surface area contributed by atoms with E-state index in [0.717, 1.165) is 11.3 Å². The number of nitrogens with one attached hydrogen (secondary N) is 1. The van der Waals surface area contributed by atoms with Gasteiger partial charge in [-0.25, -0.2) is 4.79 Å². The lowest BCUT2D eigenvalue weighted by Gasteiger charge is -2.16. The highest BCUT2D eigenvalue weighted by molar-refractivity contribution is 6.08. The summed E-state index contributed by atoms with van der Waals surface area (Å²) in [6.07, 6.45) is -0.328. The maximum absolute atomic E-state index is 13.1. The molecule has 1 N–H and O–H groups in total. The number of aryl methyl sites for hydroxylation is 2. The van der Waals surface area contributed by atoms with Crippen molar-refractivity contribution in [3.05, 3.63) is 63.6 Å². The first-order valence-electron chi connectivity index (χ1n) is 10.0. The number of pyridine rings is 1. The SMILES string of the molecule is CCc1nc2ccccc2c(C(=O)O[C@@H](C)C(=O)c2[nH]c(C)c(C(C)=O)c2C)c1C. The minimum absolute atomic E-state index is 0.115. The van der Waals surface area contributed by atoms with E-state index >= 15 is 0 Å². The van der Waals surface area contributed by atoms with Crippen molar-refractivity contribution in [2.24, 2.45) is 0 Å². The molecule has 1 atom stereocenters. The third-order valence-corrected chi connectivity index (χ3v) is 5.46. The highest BCUT2D eigenvalue weighted by Crippen LogP contribution is 2.26. The maximum atomic E-state index is 13.1. The molecule has 0 radical (unpaired) electrons. The number of ether oxygens (including phenoxy) is 1. The van der Waals surface area contributed by atoms with E-state index in [1.54, 1.807) is 20.8 Å². The van der Waals surface area contributed by atoms with E-state index in [2.05, 4.69) is 9.97 Å². The lowest BCUT2D eigenvalue weighted by molar-refractivity contribution is 0.0318. The first-order chi connectivity index (χ1) is 14.2. The number of fused-ring (bicyclic) bond motifs is 1. The number of carbonyl (C=O) groups is 3. The third-order valence-electron chi connectivity index (χ3n) is 5.46. The second kappa shape index (κ2) is 8.22. The zero-order valence-electron chi connectivity index (χ0n) is 18.2. The summed E-state index contributed by atoms with van der Waals surface area (Å²) in [6.45, 7) is 10.3. The molecule has 0 saturated carbocycles. The molecule has 0 unspecified atom stereocenters. The molecule has 6 heteroatoms. The van der Waals surface area contributed by atoms with Crippen molar-refractivity contribution < 1.29 is 19.1 Å². The van der Waals surface area contributed by atoms with E-state index in [9.17, 15) is 14.4 Å². The van der Waals surface area contributed by atoms with Crippen molar-refractivity contribution in [1.29, 1.82) is 0 Å². The van der Waals surface area contributed by atoms with Gasteiger partial charge < -0.3 is 9.72 Å². The second-order valence-electron chi connectivity index (χ2n) is 7.52. The highest BCUT2D eigenvalue weighted by atomic mass is 16.5. The number of hydrogen-bond donors (Lipinski definition) is 1. The van der Waals surface area contributed by atoms with Gasteiger partial charge in [0, 0.05) is 22.3 Å². The van der Waals surface area contributed by atoms with Gasteiger partial charge >= 0.3 is 5.97 Å². The van der Waals surface area contributed by atoms with Crippen LogP contribution < -0.4 is 0 Å². The molecule has 3 rings (SSSR count). The van der Waals surface area contributed by atoms with Gasteiger partial charge in [0.1, 0.15) is 0 Å². The first-order valence-corrected chi connectivity index (χ1v) is 10.0. The van der Waals surface area contributed by atoms with Crippen LogP contribution in [0.15, 0.2) is 24.3 Å². The zero-order chi connectivity index (χ0) is 22.2. The predicted molar refractivity (Wildman–Crippen MR) is 115 cm³/mol. The maximum Gasteiger partial charge on any atom is 0.339 e. The van der Waals surface area contributed by atoms with E-state index < -0.39 is 12.1 Å². The largest absolute Gasteiger partial charge is 0.451 e. The third kappa shape index (κ3) is 3.65. The number of aromatic nitrogens is 2. The highest BCUT2D eigenvalue weighted by Gasteiger charge is 2.28. The second-order valence-corrected chi connectivity index (χ2v) is 7.52. The minimum atomic E-state index is -1.01. The van der Waals surface area contributed by atoms with Crippen molar-refractivity contribution in [2.45, 2.75) is 54.1 Å². The molecule has 0 aliphatic rings. The van der Waals surface area contributed by atoms with Gasteiger partial charge in [-0.3, -0.25) is 14.6 Å². The van der Waals surface area contributed by atoms with Crippen LogP contribution in [0.4, 0.5) is 0 Å². The molecule has 0 saturated heterocycles. The van der Waals surface area contributed by atoms with Crippen molar-refractivity contribution >= 4 is 28.4 Å². The number of hydrogen-bond acceptors (Lipinski definition) is 5. The number of esters is 1. The lowest BCUT2D eigenvalue weighted by atomic mass is 10.00. The molecular weight excluding hydrogens is 380 g/mol. The minimum Gasteiger partial charge on any atom is -0.451 e. The zero-order valence-corrected chi connectivity index (χ0v) is 18.2. The number of ketones is 2. The molecule has 0 aliphatic heterocycles. The summed E-state index contributed by atoms with van der Waals surface area (Å²) in [5, 5.41) is 0.697. The number of Topliss-reactive ketones (excluding diaryl/α,β-unsaturated/α-hetero) is 2. The molecule has 0 fully saturated rings. The Morgan fingerprint density at radius 2 is 1.73 bits per heavy atom. The van der Waals surface area contributed by atoms with E-state index in [-0.39, 0.29) is 11.6 Å². The van der Waals surface area contributed by atoms with Crippen LogP contribution in [0.1, 0.15) is 74.5 Å². The van der Waals surface area contributed by atoms with Crippen molar-refractivity contribution in [2.75, 3.05) is 0 Å². The summed E-state index contributed by atoms with van der Waals surface area (Å²) >= 11 is 0. The topological polar surface area (TPSA) is 89.1 Å². The number of nitrogens with zero attached hydrogens (tertiary/aromatic N) is 1. The van der Waals surface area contributed by atoms with Crippen LogP contribution in [-0.4, -0.2) is 33.6 Å². The fourth-order valence-electron chi connectivity index (χ4n) is 3.97. The average molecular weight is 406 g/mol. The number of para-hydroxylation sites is 1. The summed E-state index contributed by atoms with van der Waals surface area (Å²) in [6, 6.07) is 7.40. The van der Waals surface area contributed by atoms with Gasteiger partial charge in [-0.05, 0) is 58.2 Å². The van der Waals surface area contributed by atoms with Gasteiger partial charge in [-0.2, -0.15) is 0 Å². The summed E-state index contributed by atoms with van der Waals surface area (Å²) in [4.78, 5) is 45.5. The van der Waals surface area contributed by atoms with E-state index in [4.69, 9.17) is 4.74 Å². The Labute approximate surface area is 175 Å². The molecule has 0 aliphatic carbocycles. The predicted octanol–water partition coefficient (Wildman–Crippen LogP) is 4.68. The molecule has 2 heterocycles. The van der Waals surface area contributed by atoms with Crippen LogP contribution in [0.25, 0.3) is 10.9 Å². The Morgan fingerprint density at radius 1 is 1.07 bits per heavy atom. The summed E-state index contributed by atoms with van der Waals surface area (Å²) in [5.41, 5.74) is 4.73. The number of benzene rings is 1. The average Bonchev–Trinajstić information content (AvgIpc) is 3.00. The molecule has 0 bridgehead atoms. The summed E-state index contributed by atoms with van der Waals surface area (Å²) < 4.78 is 5.58. The Morgan fingerprint density at radius 3 is 2.33 bits per heavy atom. The van der Waals surface area contributed by atoms with Gasteiger partial charge in [0.05, 0.1) is 16.8 Å². The number of aromatic amines is 1. The van der Waals surface area contributed by atoms with Crippen LogP contribution in [0.2, 0.25) is 0 Å². The molecule has 6 nitrogen and oxygen atoms in total. The van der Waals surface area contributed by atoms with E-state index in [1.807, 2.05) is 38.1 Å². The van der Waals surface area contributed by atoms with Gasteiger partial charge in [0.25, 0.3) is 0 Å². The molecule has 156 valence electrons. The van der Waals surface area contributed by atoms with Gasteiger partial charge in [-0.1, -0.05) is 25.1 Å².